The highest BCUT2D eigenvalue weighted by molar-refractivity contribution is 6.16. The van der Waals surface area contributed by atoms with Crippen molar-refractivity contribution < 1.29 is 18.3 Å². The minimum atomic E-state index is -2.83. The molecule has 1 heterocycles. The molecule has 1 rings (SSSR count). The second-order valence-electron chi connectivity index (χ2n) is 2.66. The molecule has 0 atom stereocenters. The molecule has 0 N–H and O–H groups in total. The molecule has 0 amide bonds. The predicted molar refractivity (Wildman–Crippen MR) is 50.1 cm³/mol. The summed E-state index contributed by atoms with van der Waals surface area (Å²) in [4.78, 5) is 14.7. The van der Waals surface area contributed by atoms with Gasteiger partial charge >= 0.3 is 5.97 Å². The Hall–Kier alpha value is -1.23. The van der Waals surface area contributed by atoms with Gasteiger partial charge in [0.25, 0.3) is 6.43 Å². The van der Waals surface area contributed by atoms with Crippen LogP contribution >= 0.6 is 11.6 Å². The summed E-state index contributed by atoms with van der Waals surface area (Å²) in [6, 6.07) is 2.64. The van der Waals surface area contributed by atoms with Crippen LogP contribution in [-0.4, -0.2) is 18.1 Å². The molecule has 0 unspecified atom stereocenters. The Labute approximate surface area is 90.0 Å². The molecular weight excluding hydrogens is 228 g/mol. The molecule has 0 fully saturated rings. The molecule has 0 aliphatic heterocycles. The molecule has 0 saturated heterocycles. The van der Waals surface area contributed by atoms with Gasteiger partial charge in [0.05, 0.1) is 24.2 Å². The maximum Gasteiger partial charge on any atom is 0.339 e. The Morgan fingerprint density at radius 1 is 1.60 bits per heavy atom. The molecule has 1 aromatic heterocycles. The van der Waals surface area contributed by atoms with Crippen molar-refractivity contribution in [3.05, 3.63) is 29.1 Å². The smallest absolute Gasteiger partial charge is 0.339 e. The van der Waals surface area contributed by atoms with Crippen LogP contribution in [0.1, 0.15) is 28.2 Å². The lowest BCUT2D eigenvalue weighted by molar-refractivity contribution is 0.0587. The average Bonchev–Trinajstić information content (AvgIpc) is 2.27. The Morgan fingerprint density at radius 3 is 2.73 bits per heavy atom. The fourth-order valence-electron chi connectivity index (χ4n) is 1.04. The number of halogens is 3. The molecule has 0 spiro atoms. The Balaban J connectivity index is 3.21. The number of alkyl halides is 3. The van der Waals surface area contributed by atoms with E-state index in [0.717, 1.165) is 7.11 Å². The number of carbonyl (C=O) groups excluding carboxylic acids is 1. The normalized spacial score (nSPS) is 10.5. The van der Waals surface area contributed by atoms with E-state index in [1.54, 1.807) is 0 Å². The van der Waals surface area contributed by atoms with Crippen molar-refractivity contribution in [1.29, 1.82) is 0 Å². The van der Waals surface area contributed by atoms with Crippen LogP contribution in [0.5, 0.6) is 0 Å². The largest absolute Gasteiger partial charge is 0.465 e. The van der Waals surface area contributed by atoms with Gasteiger partial charge in [-0.3, -0.25) is 0 Å². The molecule has 0 aliphatic rings. The maximum atomic E-state index is 12.5. The van der Waals surface area contributed by atoms with Crippen LogP contribution < -0.4 is 0 Å². The van der Waals surface area contributed by atoms with E-state index >= 15 is 0 Å². The van der Waals surface area contributed by atoms with Gasteiger partial charge in [-0.15, -0.1) is 11.6 Å². The predicted octanol–water partition coefficient (Wildman–Crippen LogP) is 2.54. The topological polar surface area (TPSA) is 39.2 Å². The summed E-state index contributed by atoms with van der Waals surface area (Å²) in [7, 11) is 1.12. The van der Waals surface area contributed by atoms with Gasteiger partial charge in [-0.2, -0.15) is 0 Å². The number of rotatable bonds is 3. The van der Waals surface area contributed by atoms with E-state index in [1.165, 1.54) is 12.1 Å². The van der Waals surface area contributed by atoms with E-state index in [9.17, 15) is 13.6 Å². The molecule has 0 aromatic carbocycles. The lowest BCUT2D eigenvalue weighted by Crippen LogP contribution is -2.09. The Kier molecular flexibility index (Phi) is 3.96. The van der Waals surface area contributed by atoms with Crippen molar-refractivity contribution in [2.75, 3.05) is 7.11 Å². The first kappa shape index (κ1) is 11.8. The van der Waals surface area contributed by atoms with Gasteiger partial charge in [-0.25, -0.2) is 18.6 Å². The van der Waals surface area contributed by atoms with Crippen LogP contribution in [0.15, 0.2) is 12.1 Å². The molecule has 0 aliphatic carbocycles. The zero-order chi connectivity index (χ0) is 11.4. The van der Waals surface area contributed by atoms with Crippen molar-refractivity contribution in [2.45, 2.75) is 12.3 Å². The first-order valence-electron chi connectivity index (χ1n) is 4.02. The summed E-state index contributed by atoms with van der Waals surface area (Å²) in [6.07, 6.45) is -2.83. The Bertz CT molecular complexity index is 371. The van der Waals surface area contributed by atoms with E-state index in [0.29, 0.717) is 5.69 Å². The van der Waals surface area contributed by atoms with E-state index in [2.05, 4.69) is 9.72 Å². The monoisotopic (exact) mass is 235 g/mol. The minimum Gasteiger partial charge on any atom is -0.465 e. The zero-order valence-electron chi connectivity index (χ0n) is 7.84. The molecule has 0 bridgehead atoms. The SMILES string of the molecule is COC(=O)c1ccc(CCl)nc1C(F)F. The van der Waals surface area contributed by atoms with E-state index in [-0.39, 0.29) is 11.4 Å². The summed E-state index contributed by atoms with van der Waals surface area (Å²) >= 11 is 5.45. The third-order valence-corrected chi connectivity index (χ3v) is 2.01. The molecule has 15 heavy (non-hydrogen) atoms. The van der Waals surface area contributed by atoms with Gasteiger partial charge in [0.1, 0.15) is 5.69 Å². The number of ether oxygens (including phenoxy) is 1. The summed E-state index contributed by atoms with van der Waals surface area (Å²) in [5.74, 6) is -0.819. The van der Waals surface area contributed by atoms with E-state index < -0.39 is 18.1 Å². The van der Waals surface area contributed by atoms with Gasteiger partial charge in [-0.1, -0.05) is 0 Å². The van der Waals surface area contributed by atoms with Crippen LogP contribution in [0, 0.1) is 0 Å². The number of aromatic nitrogens is 1. The lowest BCUT2D eigenvalue weighted by atomic mass is 10.2. The molecule has 0 radical (unpaired) electrons. The van der Waals surface area contributed by atoms with Gasteiger partial charge in [0, 0.05) is 0 Å². The molecule has 3 nitrogen and oxygen atoms in total. The quantitative estimate of drug-likeness (QED) is 0.597. The van der Waals surface area contributed by atoms with Crippen molar-refractivity contribution in [3.8, 4) is 0 Å². The second kappa shape index (κ2) is 5.02. The summed E-state index contributed by atoms with van der Waals surface area (Å²) in [5, 5.41) is 0. The molecule has 82 valence electrons. The van der Waals surface area contributed by atoms with E-state index in [1.807, 2.05) is 0 Å². The van der Waals surface area contributed by atoms with Crippen LogP contribution in [0.25, 0.3) is 0 Å². The number of carbonyl (C=O) groups is 1. The number of esters is 1. The average molecular weight is 236 g/mol. The molecule has 0 saturated carbocycles. The summed E-state index contributed by atoms with van der Waals surface area (Å²) < 4.78 is 29.4. The zero-order valence-corrected chi connectivity index (χ0v) is 8.59. The van der Waals surface area contributed by atoms with Crippen molar-refractivity contribution in [2.24, 2.45) is 0 Å². The third-order valence-electron chi connectivity index (χ3n) is 1.73. The lowest BCUT2D eigenvalue weighted by Gasteiger charge is -2.07. The van der Waals surface area contributed by atoms with Crippen LogP contribution in [-0.2, 0) is 10.6 Å². The first-order valence-corrected chi connectivity index (χ1v) is 4.55. The van der Waals surface area contributed by atoms with Gasteiger partial charge < -0.3 is 4.74 Å². The van der Waals surface area contributed by atoms with Crippen LogP contribution in [0.4, 0.5) is 8.78 Å². The first-order chi connectivity index (χ1) is 7.10. The van der Waals surface area contributed by atoms with Gasteiger partial charge in [-0.05, 0) is 12.1 Å². The van der Waals surface area contributed by atoms with Crippen LogP contribution in [0.3, 0.4) is 0 Å². The van der Waals surface area contributed by atoms with Gasteiger partial charge in [0.15, 0.2) is 0 Å². The standard InChI is InChI=1S/C9H8ClF2NO2/c1-15-9(14)6-3-2-5(4-10)13-7(6)8(11)12/h2-3,8H,4H2,1H3. The molecule has 1 aromatic rings. The van der Waals surface area contributed by atoms with Crippen LogP contribution in [0.2, 0.25) is 0 Å². The number of nitrogens with zero attached hydrogens (tertiary/aromatic N) is 1. The highest BCUT2D eigenvalue weighted by Gasteiger charge is 2.20. The highest BCUT2D eigenvalue weighted by atomic mass is 35.5. The van der Waals surface area contributed by atoms with Crippen molar-refractivity contribution in [3.63, 3.8) is 0 Å². The fraction of sp³-hybridized carbons (Fsp3) is 0.333. The number of hydrogen-bond donors (Lipinski definition) is 0. The second-order valence-corrected chi connectivity index (χ2v) is 2.93. The fourth-order valence-corrected chi connectivity index (χ4v) is 1.19. The maximum absolute atomic E-state index is 12.5. The van der Waals surface area contributed by atoms with Crippen molar-refractivity contribution in [1.82, 2.24) is 4.98 Å². The number of methoxy groups -OCH3 is 1. The third kappa shape index (κ3) is 2.62. The summed E-state index contributed by atoms with van der Waals surface area (Å²) in [6.45, 7) is 0. The van der Waals surface area contributed by atoms with Crippen molar-refractivity contribution >= 4 is 17.6 Å². The number of hydrogen-bond acceptors (Lipinski definition) is 3. The molecular formula is C9H8ClF2NO2. The van der Waals surface area contributed by atoms with Gasteiger partial charge in [0.2, 0.25) is 0 Å². The minimum absolute atomic E-state index is 0.0151. The molecule has 6 heteroatoms. The number of pyridine rings is 1. The van der Waals surface area contributed by atoms with E-state index in [4.69, 9.17) is 11.6 Å². The highest BCUT2D eigenvalue weighted by Crippen LogP contribution is 2.22. The summed E-state index contributed by atoms with van der Waals surface area (Å²) in [5.41, 5.74) is -0.541. The Morgan fingerprint density at radius 2 is 2.27 bits per heavy atom.